The summed E-state index contributed by atoms with van der Waals surface area (Å²) >= 11 is 0. The minimum atomic E-state index is -0.304. The van der Waals surface area contributed by atoms with Crippen molar-refractivity contribution < 1.29 is 18.7 Å². The van der Waals surface area contributed by atoms with Crippen LogP contribution in [0, 0.1) is 11.7 Å². The number of carbonyl (C=O) groups excluding carboxylic acids is 1. The van der Waals surface area contributed by atoms with Gasteiger partial charge in [0.05, 0.1) is 37.4 Å². The molecule has 0 atom stereocenters. The molecule has 1 saturated carbocycles. The Morgan fingerprint density at radius 3 is 2.58 bits per heavy atom. The van der Waals surface area contributed by atoms with Crippen molar-refractivity contribution in [3.05, 3.63) is 53.6 Å². The van der Waals surface area contributed by atoms with Crippen LogP contribution in [0.4, 0.5) is 4.39 Å². The van der Waals surface area contributed by atoms with Gasteiger partial charge in [0.2, 0.25) is 0 Å². The predicted octanol–water partition coefficient (Wildman–Crippen LogP) is 5.61. The molecule has 1 aliphatic rings. The number of rotatable bonds is 8. The van der Waals surface area contributed by atoms with Gasteiger partial charge in [-0.3, -0.25) is 4.79 Å². The van der Waals surface area contributed by atoms with Crippen molar-refractivity contribution in [1.29, 1.82) is 0 Å². The summed E-state index contributed by atoms with van der Waals surface area (Å²) in [6.07, 6.45) is 4.47. The topological polar surface area (TPSA) is 56.6 Å². The number of methoxy groups -OCH3 is 2. The fraction of sp³-hybridized carbons (Fsp3) is 0.462. The first-order chi connectivity index (χ1) is 15.9. The molecule has 0 bridgehead atoms. The number of hydrogen-bond donors (Lipinski definition) is 0. The van der Waals surface area contributed by atoms with Gasteiger partial charge in [0.1, 0.15) is 23.1 Å². The number of carbonyl (C=O) groups is 1. The Bertz CT molecular complexity index is 1140. The number of imidazole rings is 1. The van der Waals surface area contributed by atoms with Gasteiger partial charge in [-0.05, 0) is 49.1 Å². The smallest absolute Gasteiger partial charge is 0.258 e. The molecule has 33 heavy (non-hydrogen) atoms. The minimum Gasteiger partial charge on any atom is -0.497 e. The third-order valence-corrected chi connectivity index (χ3v) is 6.26. The molecule has 6 nitrogen and oxygen atoms in total. The molecule has 7 heteroatoms. The Labute approximate surface area is 194 Å². The Hall–Kier alpha value is -3.09. The van der Waals surface area contributed by atoms with Crippen molar-refractivity contribution in [1.82, 2.24) is 14.5 Å². The molecule has 1 aromatic heterocycles. The molecule has 4 rings (SSSR count). The highest BCUT2D eigenvalue weighted by Gasteiger charge is 2.27. The monoisotopic (exact) mass is 453 g/mol. The number of benzene rings is 2. The van der Waals surface area contributed by atoms with E-state index in [0.29, 0.717) is 41.7 Å². The molecule has 2 aromatic carbocycles. The maximum atomic E-state index is 14.0. The van der Waals surface area contributed by atoms with Crippen LogP contribution in [-0.4, -0.2) is 41.1 Å². The second-order valence-electron chi connectivity index (χ2n) is 9.12. The van der Waals surface area contributed by atoms with Crippen LogP contribution in [0.3, 0.4) is 0 Å². The van der Waals surface area contributed by atoms with Crippen molar-refractivity contribution in [3.8, 4) is 11.5 Å². The average Bonchev–Trinajstić information content (AvgIpc) is 3.44. The van der Waals surface area contributed by atoms with Gasteiger partial charge in [-0.15, -0.1) is 0 Å². The fourth-order valence-electron chi connectivity index (χ4n) is 4.79. The number of fused-ring (bicyclic) bond motifs is 1. The first kappa shape index (κ1) is 23.1. The van der Waals surface area contributed by atoms with E-state index >= 15 is 0 Å². The van der Waals surface area contributed by atoms with E-state index < -0.39 is 0 Å². The van der Waals surface area contributed by atoms with Crippen molar-refractivity contribution >= 4 is 16.9 Å². The predicted molar refractivity (Wildman–Crippen MR) is 126 cm³/mol. The Morgan fingerprint density at radius 2 is 1.91 bits per heavy atom. The lowest BCUT2D eigenvalue weighted by Gasteiger charge is -2.27. The molecule has 1 amide bonds. The first-order valence-corrected chi connectivity index (χ1v) is 11.6. The normalized spacial score (nSPS) is 14.2. The molecular weight excluding hydrogens is 421 g/mol. The molecule has 0 radical (unpaired) electrons. The average molecular weight is 454 g/mol. The number of amides is 1. The van der Waals surface area contributed by atoms with E-state index in [2.05, 4.69) is 18.4 Å². The SMILES string of the molecule is COc1ccc(OC)c(C(=O)N(Cc2nc3cc(F)ccc3n2C2CCCC2)CC(C)C)c1. The number of aromatic nitrogens is 2. The molecule has 176 valence electrons. The molecule has 0 saturated heterocycles. The summed E-state index contributed by atoms with van der Waals surface area (Å²) in [5.74, 6) is 1.70. The van der Waals surface area contributed by atoms with Crippen LogP contribution in [0.25, 0.3) is 11.0 Å². The van der Waals surface area contributed by atoms with E-state index in [1.54, 1.807) is 38.5 Å². The van der Waals surface area contributed by atoms with Gasteiger partial charge in [0.15, 0.2) is 0 Å². The van der Waals surface area contributed by atoms with Crippen molar-refractivity contribution in [2.75, 3.05) is 20.8 Å². The summed E-state index contributed by atoms with van der Waals surface area (Å²) in [4.78, 5) is 20.3. The minimum absolute atomic E-state index is 0.143. The van der Waals surface area contributed by atoms with Crippen LogP contribution in [0.15, 0.2) is 36.4 Å². The maximum absolute atomic E-state index is 14.0. The van der Waals surface area contributed by atoms with Crippen LogP contribution >= 0.6 is 0 Å². The zero-order valence-corrected chi connectivity index (χ0v) is 19.8. The molecule has 1 aliphatic carbocycles. The van der Waals surface area contributed by atoms with Gasteiger partial charge < -0.3 is 18.9 Å². The molecule has 1 heterocycles. The van der Waals surface area contributed by atoms with Gasteiger partial charge >= 0.3 is 0 Å². The number of ether oxygens (including phenoxy) is 2. The molecule has 0 N–H and O–H groups in total. The van der Waals surface area contributed by atoms with Crippen molar-refractivity contribution in [2.45, 2.75) is 52.1 Å². The molecule has 0 unspecified atom stereocenters. The van der Waals surface area contributed by atoms with Crippen LogP contribution in [-0.2, 0) is 6.54 Å². The highest BCUT2D eigenvalue weighted by Crippen LogP contribution is 2.35. The van der Waals surface area contributed by atoms with E-state index in [-0.39, 0.29) is 17.6 Å². The molecule has 0 aliphatic heterocycles. The highest BCUT2D eigenvalue weighted by atomic mass is 19.1. The first-order valence-electron chi connectivity index (χ1n) is 11.6. The quantitative estimate of drug-likeness (QED) is 0.445. The lowest BCUT2D eigenvalue weighted by molar-refractivity contribution is 0.0711. The van der Waals surface area contributed by atoms with E-state index in [4.69, 9.17) is 14.5 Å². The van der Waals surface area contributed by atoms with E-state index in [1.807, 2.05) is 4.90 Å². The second-order valence-corrected chi connectivity index (χ2v) is 9.12. The maximum Gasteiger partial charge on any atom is 0.258 e. The summed E-state index contributed by atoms with van der Waals surface area (Å²) in [7, 11) is 3.13. The molecular formula is C26H32FN3O3. The number of hydrogen-bond acceptors (Lipinski definition) is 4. The lowest BCUT2D eigenvalue weighted by Crippen LogP contribution is -2.35. The third-order valence-electron chi connectivity index (χ3n) is 6.26. The van der Waals surface area contributed by atoms with Gasteiger partial charge in [0.25, 0.3) is 5.91 Å². The van der Waals surface area contributed by atoms with E-state index in [0.717, 1.165) is 24.2 Å². The van der Waals surface area contributed by atoms with Crippen LogP contribution in [0.1, 0.15) is 61.8 Å². The van der Waals surface area contributed by atoms with Gasteiger partial charge in [-0.2, -0.15) is 0 Å². The summed E-state index contributed by atoms with van der Waals surface area (Å²) < 4.78 is 27.0. The van der Waals surface area contributed by atoms with Gasteiger partial charge in [-0.25, -0.2) is 9.37 Å². The lowest BCUT2D eigenvalue weighted by atomic mass is 10.1. The van der Waals surface area contributed by atoms with Gasteiger partial charge in [-0.1, -0.05) is 26.7 Å². The number of nitrogens with zero attached hydrogens (tertiary/aromatic N) is 3. The standard InChI is InChI=1S/C26H32FN3O3/c1-17(2)15-29(26(31)21-14-20(32-3)10-12-24(21)33-4)16-25-28-22-13-18(27)9-11-23(22)30(25)19-7-5-6-8-19/h9-14,17,19H,5-8,15-16H2,1-4H3. The zero-order valence-electron chi connectivity index (χ0n) is 19.8. The van der Waals surface area contributed by atoms with Gasteiger partial charge in [0, 0.05) is 18.7 Å². The Balaban J connectivity index is 1.75. The largest absolute Gasteiger partial charge is 0.497 e. The van der Waals surface area contributed by atoms with Crippen LogP contribution in [0.5, 0.6) is 11.5 Å². The van der Waals surface area contributed by atoms with E-state index in [9.17, 15) is 9.18 Å². The summed E-state index contributed by atoms with van der Waals surface area (Å²) in [5.41, 5.74) is 2.01. The van der Waals surface area contributed by atoms with Crippen LogP contribution < -0.4 is 9.47 Å². The third kappa shape index (κ3) is 4.82. The number of halogens is 1. The highest BCUT2D eigenvalue weighted by molar-refractivity contribution is 5.97. The zero-order chi connectivity index (χ0) is 23.5. The van der Waals surface area contributed by atoms with Crippen molar-refractivity contribution in [2.24, 2.45) is 5.92 Å². The summed E-state index contributed by atoms with van der Waals surface area (Å²) in [5, 5.41) is 0. The summed E-state index contributed by atoms with van der Waals surface area (Å²) in [6, 6.07) is 10.3. The van der Waals surface area contributed by atoms with Crippen molar-refractivity contribution in [3.63, 3.8) is 0 Å². The second kappa shape index (κ2) is 9.81. The van der Waals surface area contributed by atoms with E-state index in [1.165, 1.54) is 25.0 Å². The summed E-state index contributed by atoms with van der Waals surface area (Å²) in [6.45, 7) is 5.06. The Kier molecular flexibility index (Phi) is 6.86. The van der Waals surface area contributed by atoms with Crippen LogP contribution in [0.2, 0.25) is 0 Å². The molecule has 3 aromatic rings. The fourth-order valence-corrected chi connectivity index (χ4v) is 4.79. The molecule has 0 spiro atoms. The molecule has 1 fully saturated rings. The Morgan fingerprint density at radius 1 is 1.15 bits per heavy atom.